The van der Waals surface area contributed by atoms with E-state index >= 15 is 0 Å². The Kier molecular flexibility index (Phi) is 2.64. The molecular formula is C16H12O4. The van der Waals surface area contributed by atoms with Crippen LogP contribution in [0.25, 0.3) is 21.9 Å². The number of benzene rings is 3. The maximum atomic E-state index is 10.1. The number of hydrogen-bond donors (Lipinski definition) is 4. The Morgan fingerprint density at radius 2 is 1.35 bits per heavy atom. The summed E-state index contributed by atoms with van der Waals surface area (Å²) >= 11 is 0. The molecule has 3 rings (SSSR count). The molecule has 3 aromatic carbocycles. The number of fused-ring (bicyclic) bond motifs is 1. The zero-order valence-corrected chi connectivity index (χ0v) is 10.4. The average molecular weight is 268 g/mol. The minimum absolute atomic E-state index is 0.0189. The molecule has 0 radical (unpaired) electrons. The van der Waals surface area contributed by atoms with E-state index in [2.05, 4.69) is 0 Å². The van der Waals surface area contributed by atoms with Crippen LogP contribution in [0.2, 0.25) is 0 Å². The summed E-state index contributed by atoms with van der Waals surface area (Å²) in [5.41, 5.74) is 0.639. The first-order valence-electron chi connectivity index (χ1n) is 6.03. The molecule has 0 aliphatic heterocycles. The molecule has 0 aromatic heterocycles. The Hall–Kier alpha value is -2.88. The number of phenolic OH excluding ortho intramolecular Hbond substituents is 4. The van der Waals surface area contributed by atoms with E-state index in [4.69, 9.17) is 0 Å². The van der Waals surface area contributed by atoms with E-state index in [1.165, 1.54) is 24.3 Å². The maximum Gasteiger partial charge on any atom is 0.124 e. The molecule has 0 fully saturated rings. The lowest BCUT2D eigenvalue weighted by atomic mass is 9.98. The fourth-order valence-corrected chi connectivity index (χ4v) is 2.25. The van der Waals surface area contributed by atoms with Crippen LogP contribution in [0.4, 0.5) is 0 Å². The molecule has 20 heavy (non-hydrogen) atoms. The summed E-state index contributed by atoms with van der Waals surface area (Å²) in [6.45, 7) is 0. The van der Waals surface area contributed by atoms with Crippen LogP contribution in [-0.2, 0) is 0 Å². The van der Waals surface area contributed by atoms with Crippen molar-refractivity contribution in [2.24, 2.45) is 0 Å². The van der Waals surface area contributed by atoms with Crippen molar-refractivity contribution in [3.05, 3.63) is 48.5 Å². The lowest BCUT2D eigenvalue weighted by Crippen LogP contribution is -1.83. The monoisotopic (exact) mass is 268 g/mol. The van der Waals surface area contributed by atoms with Gasteiger partial charge < -0.3 is 20.4 Å². The van der Waals surface area contributed by atoms with Crippen LogP contribution in [0.3, 0.4) is 0 Å². The van der Waals surface area contributed by atoms with E-state index in [0.717, 1.165) is 0 Å². The van der Waals surface area contributed by atoms with E-state index in [-0.39, 0.29) is 23.0 Å². The highest BCUT2D eigenvalue weighted by atomic mass is 16.3. The summed E-state index contributed by atoms with van der Waals surface area (Å²) in [5.74, 6) is -0.0326. The summed E-state index contributed by atoms with van der Waals surface area (Å²) < 4.78 is 0. The van der Waals surface area contributed by atoms with E-state index in [1.54, 1.807) is 24.3 Å². The fourth-order valence-electron chi connectivity index (χ4n) is 2.25. The molecule has 4 N–H and O–H groups in total. The molecule has 100 valence electrons. The summed E-state index contributed by atoms with van der Waals surface area (Å²) in [6, 6.07) is 12.1. The van der Waals surface area contributed by atoms with Crippen LogP contribution in [0.5, 0.6) is 23.0 Å². The van der Waals surface area contributed by atoms with Gasteiger partial charge in [0.15, 0.2) is 0 Å². The second-order valence-corrected chi connectivity index (χ2v) is 4.57. The zero-order chi connectivity index (χ0) is 14.3. The molecule has 0 amide bonds. The third-order valence-corrected chi connectivity index (χ3v) is 3.24. The van der Waals surface area contributed by atoms with Gasteiger partial charge in [-0.1, -0.05) is 12.1 Å². The lowest BCUT2D eigenvalue weighted by molar-refractivity contribution is 0.459. The SMILES string of the molecule is Oc1ccc(O)c(-c2cc3c(O)cccc3cc2O)c1. The van der Waals surface area contributed by atoms with Crippen molar-refractivity contribution in [2.45, 2.75) is 0 Å². The minimum atomic E-state index is -0.0622. The van der Waals surface area contributed by atoms with Crippen LogP contribution >= 0.6 is 0 Å². The topological polar surface area (TPSA) is 80.9 Å². The molecule has 0 aliphatic rings. The van der Waals surface area contributed by atoms with Gasteiger partial charge >= 0.3 is 0 Å². The lowest BCUT2D eigenvalue weighted by Gasteiger charge is -2.10. The Labute approximate surface area is 114 Å². The molecule has 3 aromatic rings. The molecule has 0 spiro atoms. The fraction of sp³-hybridized carbons (Fsp3) is 0. The molecule has 4 heteroatoms. The van der Waals surface area contributed by atoms with Crippen molar-refractivity contribution in [3.63, 3.8) is 0 Å². The van der Waals surface area contributed by atoms with Crippen molar-refractivity contribution >= 4 is 10.8 Å². The predicted octanol–water partition coefficient (Wildman–Crippen LogP) is 3.33. The van der Waals surface area contributed by atoms with Gasteiger partial charge in [-0.2, -0.15) is 0 Å². The number of phenols is 4. The van der Waals surface area contributed by atoms with Gasteiger partial charge in [-0.3, -0.25) is 0 Å². The summed E-state index contributed by atoms with van der Waals surface area (Å²) in [5, 5.41) is 40.6. The van der Waals surface area contributed by atoms with Crippen molar-refractivity contribution in [2.75, 3.05) is 0 Å². The van der Waals surface area contributed by atoms with Crippen LogP contribution < -0.4 is 0 Å². The molecule has 0 unspecified atom stereocenters. The zero-order valence-electron chi connectivity index (χ0n) is 10.4. The van der Waals surface area contributed by atoms with Crippen molar-refractivity contribution in [1.29, 1.82) is 0 Å². The molecule has 0 atom stereocenters. The van der Waals surface area contributed by atoms with Crippen LogP contribution in [0.15, 0.2) is 48.5 Å². The molecule has 0 saturated carbocycles. The Balaban J connectivity index is 2.33. The van der Waals surface area contributed by atoms with Gasteiger partial charge in [0.05, 0.1) is 0 Å². The molecule has 0 bridgehead atoms. The van der Waals surface area contributed by atoms with Crippen LogP contribution in [-0.4, -0.2) is 20.4 Å². The van der Waals surface area contributed by atoms with Gasteiger partial charge in [0.25, 0.3) is 0 Å². The third-order valence-electron chi connectivity index (χ3n) is 3.24. The average Bonchev–Trinajstić information content (AvgIpc) is 2.41. The second kappa shape index (κ2) is 4.35. The number of rotatable bonds is 1. The maximum absolute atomic E-state index is 10.1. The first kappa shape index (κ1) is 12.2. The summed E-state index contributed by atoms with van der Waals surface area (Å²) in [6.07, 6.45) is 0. The highest BCUT2D eigenvalue weighted by Gasteiger charge is 2.12. The van der Waals surface area contributed by atoms with Gasteiger partial charge in [0, 0.05) is 16.5 Å². The summed E-state index contributed by atoms with van der Waals surface area (Å²) in [4.78, 5) is 0. The predicted molar refractivity (Wildman–Crippen MR) is 76.0 cm³/mol. The first-order chi connectivity index (χ1) is 9.56. The smallest absolute Gasteiger partial charge is 0.124 e. The highest BCUT2D eigenvalue weighted by molar-refractivity contribution is 5.95. The summed E-state index contributed by atoms with van der Waals surface area (Å²) in [7, 11) is 0. The third kappa shape index (κ3) is 1.87. The van der Waals surface area contributed by atoms with Gasteiger partial charge in [-0.15, -0.1) is 0 Å². The Bertz CT molecular complexity index is 809. The quantitative estimate of drug-likeness (QED) is 0.510. The van der Waals surface area contributed by atoms with Crippen LogP contribution in [0.1, 0.15) is 0 Å². The largest absolute Gasteiger partial charge is 0.508 e. The molecule has 0 aliphatic carbocycles. The Morgan fingerprint density at radius 1 is 0.600 bits per heavy atom. The standard InChI is InChI=1S/C16H12O4/c17-10-4-5-15(19)12(7-10)13-8-11-9(6-16(13)20)2-1-3-14(11)18/h1-8,17-20H. The first-order valence-corrected chi connectivity index (χ1v) is 6.03. The van der Waals surface area contributed by atoms with E-state index < -0.39 is 0 Å². The highest BCUT2D eigenvalue weighted by Crippen LogP contribution is 2.41. The van der Waals surface area contributed by atoms with Crippen molar-refractivity contribution in [3.8, 4) is 34.1 Å². The van der Waals surface area contributed by atoms with Crippen molar-refractivity contribution in [1.82, 2.24) is 0 Å². The Morgan fingerprint density at radius 3 is 2.15 bits per heavy atom. The number of aromatic hydroxyl groups is 4. The molecule has 0 heterocycles. The normalized spacial score (nSPS) is 10.8. The van der Waals surface area contributed by atoms with Crippen molar-refractivity contribution < 1.29 is 20.4 Å². The molecular weight excluding hydrogens is 256 g/mol. The van der Waals surface area contributed by atoms with E-state index in [1.807, 2.05) is 0 Å². The number of hydrogen-bond acceptors (Lipinski definition) is 4. The van der Waals surface area contributed by atoms with Gasteiger partial charge in [-0.25, -0.2) is 0 Å². The van der Waals surface area contributed by atoms with E-state index in [0.29, 0.717) is 21.9 Å². The molecule has 4 nitrogen and oxygen atoms in total. The van der Waals surface area contributed by atoms with Gasteiger partial charge in [0.1, 0.15) is 23.0 Å². The second-order valence-electron chi connectivity index (χ2n) is 4.57. The van der Waals surface area contributed by atoms with Gasteiger partial charge in [-0.05, 0) is 41.8 Å². The van der Waals surface area contributed by atoms with Gasteiger partial charge in [0.2, 0.25) is 0 Å². The minimum Gasteiger partial charge on any atom is -0.508 e. The van der Waals surface area contributed by atoms with Crippen LogP contribution in [0, 0.1) is 0 Å². The molecule has 0 saturated heterocycles. The van der Waals surface area contributed by atoms with E-state index in [9.17, 15) is 20.4 Å².